The molecule has 2 heterocycles. The molecule has 0 saturated heterocycles. The minimum atomic E-state index is -0.459. The Morgan fingerprint density at radius 1 is 1.20 bits per heavy atom. The summed E-state index contributed by atoms with van der Waals surface area (Å²) in [5.41, 5.74) is 9.69. The Morgan fingerprint density at radius 3 is 2.71 bits per heavy atom. The van der Waals surface area contributed by atoms with E-state index in [2.05, 4.69) is 21.4 Å². The number of aryl methyl sites for hydroxylation is 1. The summed E-state index contributed by atoms with van der Waals surface area (Å²) >= 11 is 6.38. The van der Waals surface area contributed by atoms with Crippen molar-refractivity contribution in [1.82, 2.24) is 10.3 Å². The van der Waals surface area contributed by atoms with Gasteiger partial charge >= 0.3 is 0 Å². The molecule has 2 unspecified atom stereocenters. The molecular formula is C26H27ClN6O2. The van der Waals surface area contributed by atoms with Crippen LogP contribution in [0.4, 0.5) is 5.69 Å². The van der Waals surface area contributed by atoms with E-state index in [-0.39, 0.29) is 30.8 Å². The fourth-order valence-electron chi connectivity index (χ4n) is 5.68. The van der Waals surface area contributed by atoms with Crippen LogP contribution in [-0.4, -0.2) is 35.1 Å². The van der Waals surface area contributed by atoms with Crippen LogP contribution in [0.3, 0.4) is 0 Å². The molecule has 1 aliphatic heterocycles. The van der Waals surface area contributed by atoms with E-state index in [0.717, 1.165) is 35.5 Å². The second kappa shape index (κ2) is 9.67. The first-order valence-corrected chi connectivity index (χ1v) is 12.5. The summed E-state index contributed by atoms with van der Waals surface area (Å²) in [7, 11) is 0. The van der Waals surface area contributed by atoms with Crippen molar-refractivity contribution in [2.24, 2.45) is 22.7 Å². The summed E-state index contributed by atoms with van der Waals surface area (Å²) in [6.45, 7) is 0.187. The highest BCUT2D eigenvalue weighted by molar-refractivity contribution is 6.32. The number of hydrazone groups is 1. The first-order valence-electron chi connectivity index (χ1n) is 12.1. The van der Waals surface area contributed by atoms with Gasteiger partial charge < -0.3 is 11.1 Å². The van der Waals surface area contributed by atoms with Crippen molar-refractivity contribution in [3.63, 3.8) is 0 Å². The zero-order chi connectivity index (χ0) is 24.5. The molecular weight excluding hydrogens is 464 g/mol. The Morgan fingerprint density at radius 2 is 2.00 bits per heavy atom. The van der Waals surface area contributed by atoms with Crippen LogP contribution in [0.25, 0.3) is 0 Å². The van der Waals surface area contributed by atoms with Gasteiger partial charge in [0.05, 0.1) is 33.7 Å². The smallest absolute Gasteiger partial charge is 0.269 e. The summed E-state index contributed by atoms with van der Waals surface area (Å²) < 4.78 is 0. The van der Waals surface area contributed by atoms with Gasteiger partial charge in [0.25, 0.3) is 5.91 Å². The normalized spacial score (nSPS) is 21.1. The monoisotopic (exact) mass is 490 g/mol. The van der Waals surface area contributed by atoms with E-state index in [0.29, 0.717) is 22.2 Å². The number of halogens is 1. The molecule has 3 aliphatic rings. The number of carbonyl (C=O) groups excluding carboxylic acids is 2. The summed E-state index contributed by atoms with van der Waals surface area (Å²) in [4.78, 5) is 28.1. The van der Waals surface area contributed by atoms with Crippen molar-refractivity contribution in [2.75, 3.05) is 11.6 Å². The van der Waals surface area contributed by atoms with Crippen LogP contribution in [0, 0.1) is 23.2 Å². The van der Waals surface area contributed by atoms with Crippen LogP contribution in [-0.2, 0) is 11.2 Å². The van der Waals surface area contributed by atoms with Crippen molar-refractivity contribution in [3.05, 3.63) is 57.9 Å². The number of pyridine rings is 1. The summed E-state index contributed by atoms with van der Waals surface area (Å²) in [6.07, 6.45) is 6.60. The van der Waals surface area contributed by atoms with Gasteiger partial charge in [-0.15, -0.1) is 0 Å². The second-order valence-corrected chi connectivity index (χ2v) is 9.86. The highest BCUT2D eigenvalue weighted by atomic mass is 35.5. The average Bonchev–Trinajstić information content (AvgIpc) is 3.51. The molecule has 0 bridgehead atoms. The number of anilines is 1. The molecule has 2 atom stereocenters. The topological polar surface area (TPSA) is 124 Å². The molecule has 0 spiro atoms. The van der Waals surface area contributed by atoms with Gasteiger partial charge in [-0.3, -0.25) is 14.6 Å². The molecule has 2 aromatic rings. The number of nitriles is 1. The molecule has 180 valence electrons. The third kappa shape index (κ3) is 4.48. The molecule has 1 aromatic carbocycles. The molecule has 1 aromatic heterocycles. The first kappa shape index (κ1) is 23.3. The molecule has 1 fully saturated rings. The predicted molar refractivity (Wildman–Crippen MR) is 133 cm³/mol. The molecule has 0 radical (unpaired) electrons. The number of aromatic nitrogens is 1. The number of benzene rings is 1. The van der Waals surface area contributed by atoms with Crippen molar-refractivity contribution in [3.8, 4) is 6.07 Å². The van der Waals surface area contributed by atoms with Gasteiger partial charge in [0.1, 0.15) is 11.8 Å². The van der Waals surface area contributed by atoms with Crippen LogP contribution in [0.5, 0.6) is 0 Å². The maximum atomic E-state index is 12.5. The number of carbonyl (C=O) groups is 2. The molecule has 9 heteroatoms. The van der Waals surface area contributed by atoms with Gasteiger partial charge in [0, 0.05) is 24.4 Å². The fraction of sp³-hybridized carbons (Fsp3) is 0.423. The van der Waals surface area contributed by atoms with Gasteiger partial charge in [-0.05, 0) is 61.9 Å². The molecule has 8 nitrogen and oxygen atoms in total. The van der Waals surface area contributed by atoms with E-state index < -0.39 is 5.91 Å². The molecule has 35 heavy (non-hydrogen) atoms. The zero-order valence-corrected chi connectivity index (χ0v) is 20.1. The van der Waals surface area contributed by atoms with Gasteiger partial charge in [-0.25, -0.2) is 4.98 Å². The van der Waals surface area contributed by atoms with E-state index in [1.54, 1.807) is 12.1 Å². The lowest BCUT2D eigenvalue weighted by molar-refractivity contribution is -0.117. The second-order valence-electron chi connectivity index (χ2n) is 9.45. The minimum Gasteiger partial charge on any atom is -0.370 e. The van der Waals surface area contributed by atoms with Crippen LogP contribution in [0.1, 0.15) is 65.8 Å². The number of primary amides is 1. The van der Waals surface area contributed by atoms with Crippen LogP contribution < -0.4 is 16.1 Å². The first-order chi connectivity index (χ1) is 17.0. The van der Waals surface area contributed by atoms with Crippen molar-refractivity contribution in [1.29, 1.82) is 5.26 Å². The summed E-state index contributed by atoms with van der Waals surface area (Å²) in [5.74, 6) is 0.0404. The quantitative estimate of drug-likeness (QED) is 0.640. The maximum absolute atomic E-state index is 12.5. The number of nitrogens with one attached hydrogen (secondary N) is 1. The van der Waals surface area contributed by atoms with Crippen molar-refractivity contribution < 1.29 is 9.59 Å². The highest BCUT2D eigenvalue weighted by Crippen LogP contribution is 2.44. The number of fused-ring (bicyclic) bond motifs is 3. The minimum absolute atomic E-state index is 0.0902. The van der Waals surface area contributed by atoms with Gasteiger partial charge in [0.15, 0.2) is 0 Å². The largest absolute Gasteiger partial charge is 0.370 e. The molecule has 2 amide bonds. The third-order valence-electron chi connectivity index (χ3n) is 7.31. The van der Waals surface area contributed by atoms with Crippen LogP contribution in [0.2, 0.25) is 5.02 Å². The Hall–Kier alpha value is -3.44. The number of rotatable bonds is 6. The van der Waals surface area contributed by atoms with Crippen LogP contribution in [0.15, 0.2) is 35.4 Å². The number of amides is 2. The van der Waals surface area contributed by atoms with E-state index >= 15 is 0 Å². The molecule has 5 rings (SSSR count). The molecule has 1 saturated carbocycles. The maximum Gasteiger partial charge on any atom is 0.269 e. The molecule has 3 N–H and O–H groups in total. The van der Waals surface area contributed by atoms with E-state index in [9.17, 15) is 14.9 Å². The highest BCUT2D eigenvalue weighted by Gasteiger charge is 2.46. The predicted octanol–water partition coefficient (Wildman–Crippen LogP) is 3.56. The Bertz CT molecular complexity index is 1250. The number of hydrogen-bond acceptors (Lipinski definition) is 6. The summed E-state index contributed by atoms with van der Waals surface area (Å²) in [5, 5.41) is 19.6. The van der Waals surface area contributed by atoms with E-state index in [1.165, 1.54) is 25.7 Å². The average molecular weight is 491 g/mol. The SMILES string of the molecule is N#Cc1ccc(N2N=C3c4ccc(C(=O)NCCC(N)=O)nc4CCC3C2C2CCCC2)cc1Cl. The van der Waals surface area contributed by atoms with Crippen LogP contribution >= 0.6 is 11.6 Å². The Balaban J connectivity index is 1.46. The van der Waals surface area contributed by atoms with Crippen molar-refractivity contribution in [2.45, 2.75) is 51.0 Å². The lowest BCUT2D eigenvalue weighted by atomic mass is 9.76. The molecule has 2 aliphatic carbocycles. The van der Waals surface area contributed by atoms with Gasteiger partial charge in [-0.2, -0.15) is 10.4 Å². The van der Waals surface area contributed by atoms with E-state index in [4.69, 9.17) is 22.4 Å². The lowest BCUT2D eigenvalue weighted by Gasteiger charge is -2.34. The summed E-state index contributed by atoms with van der Waals surface area (Å²) in [6, 6.07) is 11.5. The van der Waals surface area contributed by atoms with Gasteiger partial charge in [0.2, 0.25) is 5.91 Å². The third-order valence-corrected chi connectivity index (χ3v) is 7.63. The van der Waals surface area contributed by atoms with E-state index in [1.807, 2.05) is 18.2 Å². The zero-order valence-electron chi connectivity index (χ0n) is 19.3. The fourth-order valence-corrected chi connectivity index (χ4v) is 5.90. The Labute approximate surface area is 209 Å². The number of hydrogen-bond donors (Lipinski definition) is 2. The standard InChI is InChI=1S/C26H27ClN6O2/c27-20-13-17(6-5-16(20)14-28)33-25(15-3-1-2-4-15)19-8-9-21-18(24(19)32-33)7-10-22(31-21)26(35)30-12-11-23(29)34/h5-7,10,13,15,19,25H,1-4,8-9,11-12H2,(H2,29,34)(H,30,35). The number of nitrogens with two attached hydrogens (primary N) is 1. The van der Waals surface area contributed by atoms with Gasteiger partial charge in [-0.1, -0.05) is 24.4 Å². The number of nitrogens with zero attached hydrogens (tertiary/aromatic N) is 4. The Kier molecular flexibility index (Phi) is 6.44. The lowest BCUT2D eigenvalue weighted by Crippen LogP contribution is -2.40. The van der Waals surface area contributed by atoms with Crippen molar-refractivity contribution >= 4 is 34.8 Å².